The maximum Gasteiger partial charge on any atom is 0.573 e. The fourth-order valence-corrected chi connectivity index (χ4v) is 6.19. The molecule has 1 spiro atoms. The molecule has 6 rings (SSSR count). The summed E-state index contributed by atoms with van der Waals surface area (Å²) >= 11 is 0. The molecule has 0 atom stereocenters. The van der Waals surface area contributed by atoms with E-state index >= 15 is 0 Å². The minimum atomic E-state index is -4.74. The van der Waals surface area contributed by atoms with Gasteiger partial charge in [-0.05, 0) is 66.4 Å². The standard InChI is InChI=1S/C30H28F3N3O3/c31-30(32,33)39-25-9-6-21(7-10-25)19-35-20-22-18-24(8-11-26(22)28(35)38)34-16-13-29(14-17-34)27(37)12-15-36(29)23-4-2-1-3-5-23/h1-11,18H,12-17,19-20H2. The van der Waals surface area contributed by atoms with Gasteiger partial charge in [0.15, 0.2) is 5.78 Å². The number of anilines is 2. The lowest BCUT2D eigenvalue weighted by molar-refractivity contribution is -0.274. The molecule has 6 nitrogen and oxygen atoms in total. The van der Waals surface area contributed by atoms with Gasteiger partial charge >= 0.3 is 6.36 Å². The maximum absolute atomic E-state index is 13.1. The van der Waals surface area contributed by atoms with Crippen molar-refractivity contribution in [2.45, 2.75) is 44.3 Å². The van der Waals surface area contributed by atoms with Gasteiger partial charge in [0.05, 0.1) is 0 Å². The van der Waals surface area contributed by atoms with Gasteiger partial charge in [0.2, 0.25) is 0 Å². The molecule has 3 aliphatic heterocycles. The van der Waals surface area contributed by atoms with E-state index in [4.69, 9.17) is 0 Å². The zero-order valence-electron chi connectivity index (χ0n) is 21.3. The number of halogens is 3. The Morgan fingerprint density at radius 1 is 0.846 bits per heavy atom. The second-order valence-corrected chi connectivity index (χ2v) is 10.4. The third-order valence-electron chi connectivity index (χ3n) is 8.12. The lowest BCUT2D eigenvalue weighted by Gasteiger charge is -2.45. The molecule has 3 aromatic rings. The molecule has 9 heteroatoms. The number of piperidine rings is 1. The first kappa shape index (κ1) is 25.3. The molecule has 0 aliphatic carbocycles. The molecule has 0 aromatic heterocycles. The second-order valence-electron chi connectivity index (χ2n) is 10.4. The zero-order valence-corrected chi connectivity index (χ0v) is 21.3. The molecule has 0 saturated carbocycles. The lowest BCUT2D eigenvalue weighted by atomic mass is 9.83. The zero-order chi connectivity index (χ0) is 27.2. The Labute approximate surface area is 224 Å². The topological polar surface area (TPSA) is 53.1 Å². The second kappa shape index (κ2) is 9.63. The van der Waals surface area contributed by atoms with E-state index in [0.29, 0.717) is 30.9 Å². The van der Waals surface area contributed by atoms with E-state index in [1.165, 1.54) is 24.3 Å². The molecule has 0 radical (unpaired) electrons. The number of hydrogen-bond acceptors (Lipinski definition) is 5. The highest BCUT2D eigenvalue weighted by Crippen LogP contribution is 2.40. The van der Waals surface area contributed by atoms with E-state index in [1.54, 1.807) is 4.90 Å². The maximum atomic E-state index is 13.1. The third-order valence-corrected chi connectivity index (χ3v) is 8.12. The van der Waals surface area contributed by atoms with Crippen LogP contribution in [0.3, 0.4) is 0 Å². The molecule has 2 saturated heterocycles. The van der Waals surface area contributed by atoms with Gasteiger partial charge in [0.1, 0.15) is 11.3 Å². The van der Waals surface area contributed by atoms with Crippen LogP contribution >= 0.6 is 0 Å². The number of amides is 1. The summed E-state index contributed by atoms with van der Waals surface area (Å²) in [6, 6.07) is 21.6. The summed E-state index contributed by atoms with van der Waals surface area (Å²) in [5.41, 5.74) is 3.96. The van der Waals surface area contributed by atoms with Crippen LogP contribution in [0.2, 0.25) is 0 Å². The van der Waals surface area contributed by atoms with Crippen LogP contribution in [0.5, 0.6) is 5.75 Å². The number of rotatable bonds is 5. The molecule has 202 valence electrons. The summed E-state index contributed by atoms with van der Waals surface area (Å²) < 4.78 is 41.2. The average molecular weight is 536 g/mol. The van der Waals surface area contributed by atoms with Gasteiger partial charge in [-0.2, -0.15) is 0 Å². The van der Waals surface area contributed by atoms with Crippen molar-refractivity contribution in [3.63, 3.8) is 0 Å². The highest BCUT2D eigenvalue weighted by atomic mass is 19.4. The highest BCUT2D eigenvalue weighted by molar-refractivity contribution is 5.99. The molecule has 3 aliphatic rings. The van der Waals surface area contributed by atoms with Crippen LogP contribution in [0.25, 0.3) is 0 Å². The fourth-order valence-electron chi connectivity index (χ4n) is 6.19. The van der Waals surface area contributed by atoms with Gasteiger partial charge in [-0.25, -0.2) is 0 Å². The number of nitrogens with zero attached hydrogens (tertiary/aromatic N) is 3. The van der Waals surface area contributed by atoms with Gasteiger partial charge in [-0.15, -0.1) is 13.2 Å². The molecule has 0 bridgehead atoms. The van der Waals surface area contributed by atoms with Crippen molar-refractivity contribution >= 4 is 23.1 Å². The predicted molar refractivity (Wildman–Crippen MR) is 141 cm³/mol. The summed E-state index contributed by atoms with van der Waals surface area (Å²) in [5, 5.41) is 0. The van der Waals surface area contributed by atoms with Crippen LogP contribution in [0, 0.1) is 0 Å². The summed E-state index contributed by atoms with van der Waals surface area (Å²) in [7, 11) is 0. The molecular weight excluding hydrogens is 507 g/mol. The Morgan fingerprint density at radius 3 is 2.26 bits per heavy atom. The van der Waals surface area contributed by atoms with E-state index in [9.17, 15) is 22.8 Å². The van der Waals surface area contributed by atoms with E-state index in [0.717, 1.165) is 55.0 Å². The van der Waals surface area contributed by atoms with Crippen molar-refractivity contribution in [3.8, 4) is 5.75 Å². The Hall–Kier alpha value is -4.01. The summed E-state index contributed by atoms with van der Waals surface area (Å²) in [4.78, 5) is 32.3. The minimum absolute atomic E-state index is 0.0974. The first-order valence-corrected chi connectivity index (χ1v) is 13.1. The molecule has 1 amide bonds. The molecule has 2 fully saturated rings. The number of benzene rings is 3. The largest absolute Gasteiger partial charge is 0.573 e. The average Bonchev–Trinajstić information content (AvgIpc) is 3.40. The number of carbonyl (C=O) groups is 2. The Kier molecular flexibility index (Phi) is 6.24. The van der Waals surface area contributed by atoms with Crippen LogP contribution < -0.4 is 14.5 Å². The quantitative estimate of drug-likeness (QED) is 0.428. The number of ketones is 1. The molecule has 0 unspecified atom stereocenters. The van der Waals surface area contributed by atoms with Crippen LogP contribution in [0.4, 0.5) is 24.5 Å². The molecule has 3 aromatic carbocycles. The van der Waals surface area contributed by atoms with Crippen molar-refractivity contribution in [2.75, 3.05) is 29.4 Å². The summed E-state index contributed by atoms with van der Waals surface area (Å²) in [6.45, 7) is 2.97. The predicted octanol–water partition coefficient (Wildman–Crippen LogP) is 5.56. The number of alkyl halides is 3. The molecule has 3 heterocycles. The van der Waals surface area contributed by atoms with Crippen LogP contribution in [0.1, 0.15) is 40.7 Å². The third kappa shape index (κ3) is 4.82. The van der Waals surface area contributed by atoms with Gasteiger partial charge in [-0.3, -0.25) is 9.59 Å². The Morgan fingerprint density at radius 2 is 1.56 bits per heavy atom. The number of para-hydroxylation sites is 1. The van der Waals surface area contributed by atoms with Crippen molar-refractivity contribution in [3.05, 3.63) is 89.5 Å². The summed E-state index contributed by atoms with van der Waals surface area (Å²) in [6.07, 6.45) is -2.67. The Bertz CT molecular complexity index is 1380. The fraction of sp³-hybridized carbons (Fsp3) is 0.333. The van der Waals surface area contributed by atoms with E-state index in [1.807, 2.05) is 30.3 Å². The molecule has 0 N–H and O–H groups in total. The highest BCUT2D eigenvalue weighted by Gasteiger charge is 2.49. The SMILES string of the molecule is O=C1c2ccc(N3CCC4(CC3)C(=O)CCN4c3ccccc3)cc2CN1Cc1ccc(OC(F)(F)F)cc1. The van der Waals surface area contributed by atoms with Crippen molar-refractivity contribution in [2.24, 2.45) is 0 Å². The lowest BCUT2D eigenvalue weighted by Crippen LogP contribution is -2.56. The van der Waals surface area contributed by atoms with Gasteiger partial charge in [0.25, 0.3) is 5.91 Å². The van der Waals surface area contributed by atoms with E-state index in [-0.39, 0.29) is 11.7 Å². The molecular formula is C30H28F3N3O3. The van der Waals surface area contributed by atoms with Crippen LogP contribution in [0.15, 0.2) is 72.8 Å². The first-order valence-electron chi connectivity index (χ1n) is 13.1. The Balaban J connectivity index is 1.12. The van der Waals surface area contributed by atoms with Crippen molar-refractivity contribution < 1.29 is 27.5 Å². The van der Waals surface area contributed by atoms with E-state index < -0.39 is 11.9 Å². The van der Waals surface area contributed by atoms with Crippen molar-refractivity contribution in [1.82, 2.24) is 4.90 Å². The first-order chi connectivity index (χ1) is 18.7. The van der Waals surface area contributed by atoms with Gasteiger partial charge < -0.3 is 19.4 Å². The van der Waals surface area contributed by atoms with E-state index in [2.05, 4.69) is 32.7 Å². The number of Topliss-reactive ketones (excluding diaryl/α,β-unsaturated/α-hetero) is 1. The normalized spacial score (nSPS) is 18.7. The monoisotopic (exact) mass is 535 g/mol. The minimum Gasteiger partial charge on any atom is -0.406 e. The number of ether oxygens (including phenoxy) is 1. The number of hydrogen-bond donors (Lipinski definition) is 0. The van der Waals surface area contributed by atoms with Crippen LogP contribution in [-0.4, -0.2) is 48.1 Å². The van der Waals surface area contributed by atoms with Crippen molar-refractivity contribution in [1.29, 1.82) is 0 Å². The van der Waals surface area contributed by atoms with Crippen LogP contribution in [-0.2, 0) is 17.9 Å². The molecule has 39 heavy (non-hydrogen) atoms. The summed E-state index contributed by atoms with van der Waals surface area (Å²) in [5.74, 6) is -0.0690. The smallest absolute Gasteiger partial charge is 0.406 e. The van der Waals surface area contributed by atoms with Gasteiger partial charge in [0, 0.05) is 56.1 Å². The number of fused-ring (bicyclic) bond motifs is 1. The van der Waals surface area contributed by atoms with Gasteiger partial charge in [-0.1, -0.05) is 30.3 Å². The number of carbonyl (C=O) groups excluding carboxylic acids is 2.